The van der Waals surface area contributed by atoms with E-state index in [0.717, 1.165) is 25.7 Å². The summed E-state index contributed by atoms with van der Waals surface area (Å²) in [6, 6.07) is 4.73. The molecule has 1 aliphatic rings. The van der Waals surface area contributed by atoms with Crippen LogP contribution in [0, 0.1) is 11.3 Å². The van der Waals surface area contributed by atoms with Crippen LogP contribution >= 0.6 is 0 Å². The molecule has 1 fully saturated rings. The van der Waals surface area contributed by atoms with Gasteiger partial charge in [-0.15, -0.1) is 0 Å². The largest absolute Gasteiger partial charge is 0.244 e. The summed E-state index contributed by atoms with van der Waals surface area (Å²) in [5.74, 6) is 0. The SMILES string of the molecule is N#Cc1ccc(S(=O)(=O)NC2CCCCCC2)cn1. The van der Waals surface area contributed by atoms with Crippen molar-refractivity contribution in [3.63, 3.8) is 0 Å². The van der Waals surface area contributed by atoms with Gasteiger partial charge in [0.2, 0.25) is 10.0 Å². The van der Waals surface area contributed by atoms with E-state index >= 15 is 0 Å². The molecule has 0 bridgehead atoms. The number of sulfonamides is 1. The zero-order valence-electron chi connectivity index (χ0n) is 10.7. The molecule has 5 nitrogen and oxygen atoms in total. The predicted octanol–water partition coefficient (Wildman–Crippen LogP) is 1.95. The zero-order chi connectivity index (χ0) is 13.7. The van der Waals surface area contributed by atoms with E-state index in [-0.39, 0.29) is 16.6 Å². The molecule has 102 valence electrons. The number of hydrogen-bond acceptors (Lipinski definition) is 4. The topological polar surface area (TPSA) is 82.8 Å². The second kappa shape index (κ2) is 6.13. The Balaban J connectivity index is 2.10. The lowest BCUT2D eigenvalue weighted by Gasteiger charge is -2.16. The van der Waals surface area contributed by atoms with Gasteiger partial charge in [0.05, 0.1) is 0 Å². The van der Waals surface area contributed by atoms with E-state index in [4.69, 9.17) is 5.26 Å². The van der Waals surface area contributed by atoms with Gasteiger partial charge >= 0.3 is 0 Å². The highest BCUT2D eigenvalue weighted by Crippen LogP contribution is 2.19. The van der Waals surface area contributed by atoms with Crippen molar-refractivity contribution in [1.82, 2.24) is 9.71 Å². The minimum atomic E-state index is -3.52. The Labute approximate surface area is 113 Å². The number of nitrogens with zero attached hydrogens (tertiary/aromatic N) is 2. The molecule has 1 N–H and O–H groups in total. The summed E-state index contributed by atoms with van der Waals surface area (Å²) in [6.07, 6.45) is 7.51. The molecule has 1 aromatic heterocycles. The molecule has 0 spiro atoms. The van der Waals surface area contributed by atoms with Gasteiger partial charge in [0.15, 0.2) is 0 Å². The Hall–Kier alpha value is -1.45. The van der Waals surface area contributed by atoms with Gasteiger partial charge in [0.25, 0.3) is 0 Å². The highest BCUT2D eigenvalue weighted by Gasteiger charge is 2.21. The fraction of sp³-hybridized carbons (Fsp3) is 0.538. The number of rotatable bonds is 3. The average molecular weight is 279 g/mol. The predicted molar refractivity (Wildman–Crippen MR) is 70.8 cm³/mol. The van der Waals surface area contributed by atoms with Gasteiger partial charge in [0, 0.05) is 12.2 Å². The van der Waals surface area contributed by atoms with Crippen LogP contribution in [0.15, 0.2) is 23.2 Å². The third-order valence-electron chi connectivity index (χ3n) is 3.34. The molecule has 2 rings (SSSR count). The van der Waals surface area contributed by atoms with Gasteiger partial charge in [-0.3, -0.25) is 0 Å². The molecular weight excluding hydrogens is 262 g/mol. The fourth-order valence-corrected chi connectivity index (χ4v) is 3.54. The van der Waals surface area contributed by atoms with Crippen LogP contribution in [0.2, 0.25) is 0 Å². The molecule has 0 saturated heterocycles. The summed E-state index contributed by atoms with van der Waals surface area (Å²) in [4.78, 5) is 3.92. The third kappa shape index (κ3) is 3.75. The maximum atomic E-state index is 12.2. The second-order valence-electron chi connectivity index (χ2n) is 4.80. The van der Waals surface area contributed by atoms with Crippen molar-refractivity contribution >= 4 is 10.0 Å². The first-order chi connectivity index (χ1) is 9.12. The molecular formula is C13H17N3O2S. The molecule has 0 radical (unpaired) electrons. The van der Waals surface area contributed by atoms with Crippen molar-refractivity contribution in [3.8, 4) is 6.07 Å². The fourth-order valence-electron chi connectivity index (χ4n) is 2.29. The van der Waals surface area contributed by atoms with Crippen molar-refractivity contribution in [2.75, 3.05) is 0 Å². The highest BCUT2D eigenvalue weighted by molar-refractivity contribution is 7.89. The van der Waals surface area contributed by atoms with E-state index in [1.165, 1.54) is 31.2 Å². The number of nitrogens with one attached hydrogen (secondary N) is 1. The molecule has 19 heavy (non-hydrogen) atoms. The minimum absolute atomic E-state index is 0.0168. The molecule has 0 amide bonds. The first kappa shape index (κ1) is 14.0. The first-order valence-corrected chi connectivity index (χ1v) is 7.98. The van der Waals surface area contributed by atoms with Crippen LogP contribution in [0.5, 0.6) is 0 Å². The maximum absolute atomic E-state index is 12.2. The zero-order valence-corrected chi connectivity index (χ0v) is 11.5. The molecule has 6 heteroatoms. The van der Waals surface area contributed by atoms with E-state index in [0.29, 0.717) is 0 Å². The molecule has 1 saturated carbocycles. The molecule has 1 heterocycles. The van der Waals surface area contributed by atoms with Crippen LogP contribution in [-0.2, 0) is 10.0 Å². The van der Waals surface area contributed by atoms with Crippen LogP contribution < -0.4 is 4.72 Å². The number of nitriles is 1. The molecule has 1 aliphatic carbocycles. The van der Waals surface area contributed by atoms with Crippen molar-refractivity contribution < 1.29 is 8.42 Å². The van der Waals surface area contributed by atoms with E-state index < -0.39 is 10.0 Å². The summed E-state index contributed by atoms with van der Waals surface area (Å²) in [6.45, 7) is 0. The van der Waals surface area contributed by atoms with Crippen LogP contribution in [0.3, 0.4) is 0 Å². The quantitative estimate of drug-likeness (QED) is 0.857. The smallest absolute Gasteiger partial charge is 0.242 e. The Morgan fingerprint density at radius 1 is 1.21 bits per heavy atom. The summed E-state index contributed by atoms with van der Waals surface area (Å²) < 4.78 is 27.1. The van der Waals surface area contributed by atoms with Gasteiger partial charge in [-0.25, -0.2) is 18.1 Å². The number of aromatic nitrogens is 1. The van der Waals surface area contributed by atoms with Crippen molar-refractivity contribution in [1.29, 1.82) is 5.26 Å². The van der Waals surface area contributed by atoms with Crippen molar-refractivity contribution in [2.45, 2.75) is 49.5 Å². The lowest BCUT2D eigenvalue weighted by Crippen LogP contribution is -2.34. The summed E-state index contributed by atoms with van der Waals surface area (Å²) in [5.41, 5.74) is 0.216. The average Bonchev–Trinajstić information content (AvgIpc) is 2.67. The maximum Gasteiger partial charge on any atom is 0.242 e. The lowest BCUT2D eigenvalue weighted by atomic mass is 10.1. The molecule has 0 unspecified atom stereocenters. The number of hydrogen-bond donors (Lipinski definition) is 1. The van der Waals surface area contributed by atoms with E-state index in [9.17, 15) is 8.42 Å². The van der Waals surface area contributed by atoms with Gasteiger partial charge in [-0.1, -0.05) is 25.7 Å². The van der Waals surface area contributed by atoms with Crippen LogP contribution in [0.4, 0.5) is 0 Å². The van der Waals surface area contributed by atoms with E-state index in [1.807, 2.05) is 6.07 Å². The van der Waals surface area contributed by atoms with Crippen LogP contribution in [-0.4, -0.2) is 19.4 Å². The van der Waals surface area contributed by atoms with Gasteiger partial charge in [-0.2, -0.15) is 5.26 Å². The standard InChI is InChI=1S/C13H17N3O2S/c14-9-12-7-8-13(10-15-12)19(17,18)16-11-5-3-1-2-4-6-11/h7-8,10-11,16H,1-6H2. The Kier molecular flexibility index (Phi) is 4.51. The molecule has 0 aliphatic heterocycles. The van der Waals surface area contributed by atoms with Crippen molar-refractivity contribution in [2.24, 2.45) is 0 Å². The summed E-state index contributed by atoms with van der Waals surface area (Å²) >= 11 is 0. The molecule has 1 aromatic rings. The molecule has 0 atom stereocenters. The van der Waals surface area contributed by atoms with Gasteiger partial charge in [-0.05, 0) is 25.0 Å². The van der Waals surface area contributed by atoms with Crippen LogP contribution in [0.25, 0.3) is 0 Å². The molecule has 0 aromatic carbocycles. The lowest BCUT2D eigenvalue weighted by molar-refractivity contribution is 0.509. The third-order valence-corrected chi connectivity index (χ3v) is 4.84. The van der Waals surface area contributed by atoms with E-state index in [1.54, 1.807) is 0 Å². The highest BCUT2D eigenvalue weighted by atomic mass is 32.2. The normalized spacial score (nSPS) is 17.6. The van der Waals surface area contributed by atoms with Gasteiger partial charge < -0.3 is 0 Å². The summed E-state index contributed by atoms with van der Waals surface area (Å²) in [7, 11) is -3.52. The van der Waals surface area contributed by atoms with Crippen LogP contribution in [0.1, 0.15) is 44.2 Å². The Bertz CT molecular complexity index is 553. The number of pyridine rings is 1. The van der Waals surface area contributed by atoms with E-state index in [2.05, 4.69) is 9.71 Å². The first-order valence-electron chi connectivity index (χ1n) is 6.50. The summed E-state index contributed by atoms with van der Waals surface area (Å²) in [5, 5.41) is 8.65. The Morgan fingerprint density at radius 3 is 2.42 bits per heavy atom. The minimum Gasteiger partial charge on any atom is -0.244 e. The Morgan fingerprint density at radius 2 is 1.89 bits per heavy atom. The van der Waals surface area contributed by atoms with Crippen molar-refractivity contribution in [3.05, 3.63) is 24.0 Å². The monoisotopic (exact) mass is 279 g/mol. The second-order valence-corrected chi connectivity index (χ2v) is 6.51. The van der Waals surface area contributed by atoms with Gasteiger partial charge in [0.1, 0.15) is 16.7 Å².